The van der Waals surface area contributed by atoms with Crippen LogP contribution in [0.1, 0.15) is 78.6 Å². The molecule has 0 radical (unpaired) electrons. The van der Waals surface area contributed by atoms with Gasteiger partial charge in [-0.25, -0.2) is 0 Å². The molecule has 0 aromatic rings. The largest absolute Gasteiger partial charge is 0.394 e. The van der Waals surface area contributed by atoms with E-state index in [1.165, 1.54) is 0 Å². The molecule has 0 aromatic carbocycles. The van der Waals surface area contributed by atoms with Crippen molar-refractivity contribution >= 4 is 0 Å². The van der Waals surface area contributed by atoms with E-state index in [1.807, 2.05) is 6.92 Å². The van der Waals surface area contributed by atoms with Crippen LogP contribution >= 0.6 is 0 Å². The monoisotopic (exact) mass is 934 g/mol. The van der Waals surface area contributed by atoms with Crippen LogP contribution in [0.5, 0.6) is 0 Å². The van der Waals surface area contributed by atoms with Gasteiger partial charge in [-0.15, -0.1) is 0 Å². The molecule has 8 aliphatic rings. The van der Waals surface area contributed by atoms with Crippen molar-refractivity contribution in [3.05, 3.63) is 12.2 Å². The zero-order valence-corrected chi connectivity index (χ0v) is 37.4. The standard InChI is InChI=1S/C45H74O20/c1-18(17-59-40-37(56)34(53)31(50)26(14-46)61-40)7-10-45(58)19(2)30-25(65-45)12-24-22-6-5-20-11-21(8-9-43(20,3)23(22)13-29(49)44(24,30)4)60-42-39(36(55)33(52)28(16-48)63-42)64-41-38(57)35(54)32(51)27(15-47)62-41/h19-42,46-58H,1,5-17H2,2-4H3/t19-,20+,21-,22+,23-,24-,25-,26+,27+,28+,29+,30-,31+,32+,33-,34-,35-,36-,37+,38+,39+,40+,41-,42+,43-,44+,45?/m0/s1. The second kappa shape index (κ2) is 19.3. The summed E-state index contributed by atoms with van der Waals surface area (Å²) in [7, 11) is 0. The van der Waals surface area contributed by atoms with Gasteiger partial charge in [0.15, 0.2) is 24.7 Å². The van der Waals surface area contributed by atoms with Crippen LogP contribution in [0, 0.1) is 46.3 Å². The van der Waals surface area contributed by atoms with Gasteiger partial charge in [0, 0.05) is 23.7 Å². The fraction of sp³-hybridized carbons (Fsp3) is 0.956. The van der Waals surface area contributed by atoms with E-state index in [2.05, 4.69) is 20.4 Å². The van der Waals surface area contributed by atoms with E-state index in [9.17, 15) is 66.4 Å². The Balaban J connectivity index is 0.887. The van der Waals surface area contributed by atoms with Crippen LogP contribution in [0.4, 0.5) is 0 Å². The molecule has 20 nitrogen and oxygen atoms in total. The summed E-state index contributed by atoms with van der Waals surface area (Å²) >= 11 is 0. The Morgan fingerprint density at radius 2 is 1.25 bits per heavy atom. The summed E-state index contributed by atoms with van der Waals surface area (Å²) in [5, 5.41) is 137. The van der Waals surface area contributed by atoms with Crippen LogP contribution in [0.25, 0.3) is 0 Å². The molecule has 374 valence electrons. The highest BCUT2D eigenvalue weighted by atomic mass is 16.8. The minimum Gasteiger partial charge on any atom is -0.394 e. The maximum absolute atomic E-state index is 12.3. The Morgan fingerprint density at radius 3 is 1.88 bits per heavy atom. The van der Waals surface area contributed by atoms with Crippen molar-refractivity contribution in [2.24, 2.45) is 46.3 Å². The molecule has 4 aliphatic carbocycles. The van der Waals surface area contributed by atoms with Crippen molar-refractivity contribution in [1.29, 1.82) is 0 Å². The lowest BCUT2D eigenvalue weighted by atomic mass is 9.43. The van der Waals surface area contributed by atoms with Gasteiger partial charge in [-0.05, 0) is 80.5 Å². The van der Waals surface area contributed by atoms with Gasteiger partial charge < -0.3 is 99.5 Å². The number of hydrogen-bond donors (Lipinski definition) is 13. The Kier molecular flexibility index (Phi) is 14.9. The molecule has 4 saturated heterocycles. The summed E-state index contributed by atoms with van der Waals surface area (Å²) in [6.07, 6.45) is -18.0. The summed E-state index contributed by atoms with van der Waals surface area (Å²) in [6, 6.07) is 0. The second-order valence-corrected chi connectivity index (χ2v) is 21.1. The lowest BCUT2D eigenvalue weighted by molar-refractivity contribution is -0.373. The van der Waals surface area contributed by atoms with E-state index >= 15 is 0 Å². The molecule has 0 spiro atoms. The summed E-state index contributed by atoms with van der Waals surface area (Å²) < 4.78 is 41.6. The van der Waals surface area contributed by atoms with Gasteiger partial charge in [-0.3, -0.25) is 0 Å². The van der Waals surface area contributed by atoms with E-state index in [-0.39, 0.29) is 60.2 Å². The number of fused-ring (bicyclic) bond motifs is 7. The minimum absolute atomic E-state index is 0.0690. The van der Waals surface area contributed by atoms with Crippen LogP contribution in [-0.2, 0) is 33.2 Å². The van der Waals surface area contributed by atoms with E-state index in [0.29, 0.717) is 43.6 Å². The Labute approximate surface area is 378 Å². The third-order valence-electron chi connectivity index (χ3n) is 17.8. The molecule has 4 saturated carbocycles. The van der Waals surface area contributed by atoms with E-state index in [0.717, 1.165) is 19.3 Å². The average molecular weight is 935 g/mol. The fourth-order valence-corrected chi connectivity index (χ4v) is 13.9. The van der Waals surface area contributed by atoms with Gasteiger partial charge in [0.25, 0.3) is 0 Å². The molecule has 27 atom stereocenters. The molecule has 1 unspecified atom stereocenters. The smallest absolute Gasteiger partial charge is 0.187 e. The maximum atomic E-state index is 12.3. The summed E-state index contributed by atoms with van der Waals surface area (Å²) in [4.78, 5) is 0. The second-order valence-electron chi connectivity index (χ2n) is 21.1. The number of ether oxygens (including phenoxy) is 7. The van der Waals surface area contributed by atoms with Crippen molar-refractivity contribution in [1.82, 2.24) is 0 Å². The third kappa shape index (κ3) is 8.70. The minimum atomic E-state index is -1.78. The zero-order valence-electron chi connectivity index (χ0n) is 37.4. The molecule has 65 heavy (non-hydrogen) atoms. The lowest BCUT2D eigenvalue weighted by Crippen LogP contribution is -2.65. The van der Waals surface area contributed by atoms with E-state index in [1.54, 1.807) is 0 Å². The molecular weight excluding hydrogens is 860 g/mol. The van der Waals surface area contributed by atoms with Gasteiger partial charge in [-0.1, -0.05) is 32.9 Å². The average Bonchev–Trinajstić information content (AvgIpc) is 3.73. The first-order chi connectivity index (χ1) is 30.7. The summed E-state index contributed by atoms with van der Waals surface area (Å²) in [6.45, 7) is 8.57. The highest BCUT2D eigenvalue weighted by Crippen LogP contribution is 2.71. The van der Waals surface area contributed by atoms with Crippen molar-refractivity contribution in [3.8, 4) is 0 Å². The normalized spacial score (nSPS) is 55.5. The summed E-state index contributed by atoms with van der Waals surface area (Å²) in [5.74, 6) is -1.02. The van der Waals surface area contributed by atoms with Gasteiger partial charge in [0.1, 0.15) is 73.2 Å². The number of rotatable bonds is 13. The molecule has 4 aliphatic heterocycles. The number of aliphatic hydroxyl groups excluding tert-OH is 12. The van der Waals surface area contributed by atoms with Gasteiger partial charge >= 0.3 is 0 Å². The Bertz CT molecular complexity index is 1640. The van der Waals surface area contributed by atoms with E-state index in [4.69, 9.17) is 33.2 Å². The van der Waals surface area contributed by atoms with Crippen LogP contribution in [0.15, 0.2) is 12.2 Å². The molecule has 8 fully saturated rings. The molecule has 0 bridgehead atoms. The van der Waals surface area contributed by atoms with Crippen molar-refractivity contribution in [3.63, 3.8) is 0 Å². The zero-order chi connectivity index (χ0) is 47.1. The fourth-order valence-electron chi connectivity index (χ4n) is 13.9. The number of hydrogen-bond acceptors (Lipinski definition) is 20. The topological polar surface area (TPSA) is 328 Å². The Hall–Kier alpha value is -1.06. The predicted molar refractivity (Wildman–Crippen MR) is 220 cm³/mol. The predicted octanol–water partition coefficient (Wildman–Crippen LogP) is -2.89. The van der Waals surface area contributed by atoms with Gasteiger partial charge in [0.2, 0.25) is 0 Å². The van der Waals surface area contributed by atoms with Crippen LogP contribution in [0.3, 0.4) is 0 Å². The molecule has 0 amide bonds. The first-order valence-corrected chi connectivity index (χ1v) is 23.6. The molecule has 13 N–H and O–H groups in total. The highest BCUT2D eigenvalue weighted by molar-refractivity contribution is 5.18. The maximum Gasteiger partial charge on any atom is 0.187 e. The number of aliphatic hydroxyl groups is 13. The molecular formula is C45H74O20. The molecule has 20 heteroatoms. The quantitative estimate of drug-likeness (QED) is 0.0651. The van der Waals surface area contributed by atoms with Crippen molar-refractivity contribution < 1.29 is 99.5 Å². The van der Waals surface area contributed by atoms with Gasteiger partial charge in [0.05, 0.1) is 44.7 Å². The molecule has 0 aromatic heterocycles. The van der Waals surface area contributed by atoms with Crippen LogP contribution < -0.4 is 0 Å². The van der Waals surface area contributed by atoms with E-state index < -0.39 is 129 Å². The molecule has 4 heterocycles. The summed E-state index contributed by atoms with van der Waals surface area (Å²) in [5.41, 5.74) is -0.0705. The van der Waals surface area contributed by atoms with Crippen LogP contribution in [0.2, 0.25) is 0 Å². The SMILES string of the molecule is C=C(CCC1(O)O[C@H]2C[C@H]3[C@@H]4CC[C@@H]5C[C@@H](O[C@@H]6O[C@H](CO)[C@H](O)[C@H](O)[C@H]6O[C@@H]6O[C@H](CO)[C@@H](O)[C@H](O)[C@H]6O)CC[C@]5(C)[C@H]4C[C@@H](O)[C@]3(C)[C@H]2[C@@H]1C)CO[C@@H]1O[C@H](CO)[C@@H](O)[C@H](O)[C@H]1O. The van der Waals surface area contributed by atoms with Crippen molar-refractivity contribution in [2.45, 2.75) is 195 Å². The van der Waals surface area contributed by atoms with Crippen LogP contribution in [-0.4, -0.2) is 209 Å². The highest BCUT2D eigenvalue weighted by Gasteiger charge is 2.71. The van der Waals surface area contributed by atoms with Crippen molar-refractivity contribution in [2.75, 3.05) is 26.4 Å². The first-order valence-electron chi connectivity index (χ1n) is 23.6. The lowest BCUT2D eigenvalue weighted by Gasteiger charge is -2.62. The Morgan fingerprint density at radius 1 is 0.662 bits per heavy atom. The van der Waals surface area contributed by atoms with Gasteiger partial charge in [-0.2, -0.15) is 0 Å². The first kappa shape index (κ1) is 50.3. The molecule has 8 rings (SSSR count). The third-order valence-corrected chi connectivity index (χ3v) is 17.8.